The van der Waals surface area contributed by atoms with Gasteiger partial charge in [0.05, 0.1) is 29.0 Å². The Balaban J connectivity index is 1.24. The van der Waals surface area contributed by atoms with Crippen LogP contribution in [0.3, 0.4) is 0 Å². The highest BCUT2D eigenvalue weighted by Gasteiger charge is 2.20. The molecule has 2 atom stereocenters. The van der Waals surface area contributed by atoms with Crippen LogP contribution in [-0.2, 0) is 9.47 Å². The van der Waals surface area contributed by atoms with Gasteiger partial charge >= 0.3 is 5.97 Å². The van der Waals surface area contributed by atoms with Crippen molar-refractivity contribution in [3.05, 3.63) is 91.0 Å². The van der Waals surface area contributed by atoms with Crippen LogP contribution in [0.2, 0.25) is 0 Å². The molecule has 6 aromatic rings. The fraction of sp³-hybridized carbons (Fsp3) is 0.286. The number of carbonyl (C=O) groups is 1. The summed E-state index contributed by atoms with van der Waals surface area (Å²) in [5.41, 5.74) is 7.48. The van der Waals surface area contributed by atoms with Crippen molar-refractivity contribution < 1.29 is 19.4 Å². The van der Waals surface area contributed by atoms with Gasteiger partial charge in [-0.3, -0.25) is 0 Å². The first-order chi connectivity index (χ1) is 21.6. The lowest BCUT2D eigenvalue weighted by molar-refractivity contribution is -0.0395. The Labute approximate surface area is 254 Å². The second-order valence-corrected chi connectivity index (χ2v) is 11.7. The van der Waals surface area contributed by atoms with Crippen LogP contribution in [0.1, 0.15) is 61.3 Å². The molecule has 2 unspecified atom stereocenters. The third-order valence-corrected chi connectivity index (χ3v) is 8.91. The summed E-state index contributed by atoms with van der Waals surface area (Å²) in [6.07, 6.45) is 14.4. The highest BCUT2D eigenvalue weighted by molar-refractivity contribution is 6.11. The smallest absolute Gasteiger partial charge is 0.335 e. The Bertz CT molecular complexity index is 1860. The molecule has 0 saturated carbocycles. The van der Waals surface area contributed by atoms with Crippen molar-refractivity contribution in [3.8, 4) is 27.9 Å². The zero-order valence-corrected chi connectivity index (χ0v) is 24.3. The molecule has 2 fully saturated rings. The van der Waals surface area contributed by atoms with E-state index in [2.05, 4.69) is 63.6 Å². The third kappa shape index (κ3) is 4.78. The Morgan fingerprint density at radius 3 is 1.66 bits per heavy atom. The van der Waals surface area contributed by atoms with Crippen LogP contribution in [0, 0.1) is 0 Å². The highest BCUT2D eigenvalue weighted by Crippen LogP contribution is 2.38. The van der Waals surface area contributed by atoms with E-state index < -0.39 is 5.97 Å². The zero-order valence-electron chi connectivity index (χ0n) is 24.3. The fourth-order valence-corrected chi connectivity index (χ4v) is 6.57. The summed E-state index contributed by atoms with van der Waals surface area (Å²) in [5.74, 6) is -0.939. The molecule has 3 aromatic heterocycles. The van der Waals surface area contributed by atoms with Gasteiger partial charge < -0.3 is 19.1 Å². The number of rotatable bonds is 6. The maximum absolute atomic E-state index is 11.5. The monoisotopic (exact) mass is 587 g/mol. The van der Waals surface area contributed by atoms with Crippen LogP contribution in [0.15, 0.2) is 85.5 Å². The molecule has 222 valence electrons. The topological polar surface area (TPSA) is 96.3 Å². The normalized spacial score (nSPS) is 19.1. The molecular weight excluding hydrogens is 554 g/mol. The lowest BCUT2D eigenvalue weighted by Gasteiger charge is -2.22. The minimum absolute atomic E-state index is 0.0144. The molecule has 1 N–H and O–H groups in total. The van der Waals surface area contributed by atoms with E-state index in [1.54, 1.807) is 12.1 Å². The number of aromatic nitrogens is 5. The van der Waals surface area contributed by atoms with E-state index in [4.69, 9.17) is 9.47 Å². The SMILES string of the molecule is O=C(O)c1ccc(-n2c3ccc(-c4cnn(C5CCCCO5)c4)cc3c3cc(-c4cnn(C5CCCCO5)c4)ccc32)cc1. The molecule has 5 heterocycles. The lowest BCUT2D eigenvalue weighted by atomic mass is 10.0. The molecule has 0 radical (unpaired) electrons. The van der Waals surface area contributed by atoms with Gasteiger partial charge in [0.2, 0.25) is 0 Å². The van der Waals surface area contributed by atoms with E-state index in [1.165, 1.54) is 0 Å². The van der Waals surface area contributed by atoms with Crippen molar-refractivity contribution in [2.75, 3.05) is 13.2 Å². The van der Waals surface area contributed by atoms with Crippen molar-refractivity contribution in [1.82, 2.24) is 24.1 Å². The second kappa shape index (κ2) is 11.1. The lowest BCUT2D eigenvalue weighted by Crippen LogP contribution is -2.18. The standard InChI is InChI=1S/C35H33N5O4/c41-35(42)23-7-11-28(12-8-23)40-31-13-9-24(26-19-36-38(21-26)33-5-1-3-15-43-33)17-29(31)30-18-25(10-14-32(30)40)27-20-37-39(22-27)34-6-2-4-16-44-34/h7-14,17-22,33-34H,1-6,15-16H2,(H,41,42). The van der Waals surface area contributed by atoms with Crippen molar-refractivity contribution in [1.29, 1.82) is 0 Å². The Kier molecular flexibility index (Phi) is 6.76. The van der Waals surface area contributed by atoms with Gasteiger partial charge in [0.15, 0.2) is 0 Å². The molecule has 0 amide bonds. The van der Waals surface area contributed by atoms with Crippen molar-refractivity contribution in [2.45, 2.75) is 51.0 Å². The molecule has 2 aliphatic rings. The molecule has 2 aliphatic heterocycles. The molecule has 44 heavy (non-hydrogen) atoms. The Hall–Kier alpha value is -4.73. The summed E-state index contributed by atoms with van der Waals surface area (Å²) in [7, 11) is 0. The van der Waals surface area contributed by atoms with Gasteiger partial charge in [-0.1, -0.05) is 12.1 Å². The van der Waals surface area contributed by atoms with Crippen LogP contribution >= 0.6 is 0 Å². The van der Waals surface area contributed by atoms with Gasteiger partial charge in [0.1, 0.15) is 12.5 Å². The summed E-state index contributed by atoms with van der Waals surface area (Å²) in [6.45, 7) is 1.54. The van der Waals surface area contributed by atoms with E-state index >= 15 is 0 Å². The first-order valence-corrected chi connectivity index (χ1v) is 15.4. The summed E-state index contributed by atoms with van der Waals surface area (Å²) >= 11 is 0. The number of ether oxygens (including phenoxy) is 2. The molecule has 0 spiro atoms. The van der Waals surface area contributed by atoms with Crippen LogP contribution in [0.5, 0.6) is 0 Å². The molecular formula is C35H33N5O4. The van der Waals surface area contributed by atoms with Crippen molar-refractivity contribution in [3.63, 3.8) is 0 Å². The first kappa shape index (κ1) is 26.9. The summed E-state index contributed by atoms with van der Waals surface area (Å²) in [4.78, 5) is 11.5. The van der Waals surface area contributed by atoms with E-state index in [9.17, 15) is 9.90 Å². The predicted molar refractivity (Wildman–Crippen MR) is 168 cm³/mol. The Morgan fingerprint density at radius 1 is 0.682 bits per heavy atom. The molecule has 3 aromatic carbocycles. The Morgan fingerprint density at radius 2 is 1.20 bits per heavy atom. The molecule has 9 heteroatoms. The van der Waals surface area contributed by atoms with E-state index in [1.807, 2.05) is 33.9 Å². The minimum atomic E-state index is -0.939. The van der Waals surface area contributed by atoms with Gasteiger partial charge in [0, 0.05) is 53.2 Å². The molecule has 0 bridgehead atoms. The molecule has 0 aliphatic carbocycles. The average Bonchev–Trinajstić information content (AvgIpc) is 3.84. The van der Waals surface area contributed by atoms with Gasteiger partial charge in [0.25, 0.3) is 0 Å². The maximum Gasteiger partial charge on any atom is 0.335 e. The summed E-state index contributed by atoms with van der Waals surface area (Å²) < 4.78 is 18.0. The number of benzene rings is 3. The number of nitrogens with zero attached hydrogens (tertiary/aromatic N) is 5. The van der Waals surface area contributed by atoms with Crippen molar-refractivity contribution >= 4 is 27.8 Å². The van der Waals surface area contributed by atoms with E-state index in [-0.39, 0.29) is 18.0 Å². The summed E-state index contributed by atoms with van der Waals surface area (Å²) in [6, 6.07) is 20.0. The molecule has 9 nitrogen and oxygen atoms in total. The fourth-order valence-electron chi connectivity index (χ4n) is 6.57. The van der Waals surface area contributed by atoms with Gasteiger partial charge in [-0.15, -0.1) is 0 Å². The predicted octanol–water partition coefficient (Wildman–Crippen LogP) is 7.61. The van der Waals surface area contributed by atoms with Crippen LogP contribution in [0.25, 0.3) is 49.7 Å². The number of hydrogen-bond donors (Lipinski definition) is 1. The molecule has 8 rings (SSSR count). The van der Waals surface area contributed by atoms with Gasteiger partial charge in [-0.2, -0.15) is 10.2 Å². The van der Waals surface area contributed by atoms with E-state index in [0.717, 1.165) is 101 Å². The second-order valence-electron chi connectivity index (χ2n) is 11.7. The quantitative estimate of drug-likeness (QED) is 0.216. The zero-order chi connectivity index (χ0) is 29.6. The number of hydrogen-bond acceptors (Lipinski definition) is 5. The average molecular weight is 588 g/mol. The number of carboxylic acids is 1. The molecule has 2 saturated heterocycles. The highest BCUT2D eigenvalue weighted by atomic mass is 16.5. The first-order valence-electron chi connectivity index (χ1n) is 15.4. The van der Waals surface area contributed by atoms with Crippen LogP contribution in [0.4, 0.5) is 0 Å². The third-order valence-electron chi connectivity index (χ3n) is 8.91. The van der Waals surface area contributed by atoms with Gasteiger partial charge in [-0.05, 0) is 98.2 Å². The number of carboxylic acid groups (broad SMARTS) is 1. The minimum Gasteiger partial charge on any atom is -0.478 e. The van der Waals surface area contributed by atoms with E-state index in [0.29, 0.717) is 0 Å². The number of fused-ring (bicyclic) bond motifs is 3. The maximum atomic E-state index is 11.5. The van der Waals surface area contributed by atoms with Crippen molar-refractivity contribution in [2.24, 2.45) is 0 Å². The number of aromatic carboxylic acids is 1. The van der Waals surface area contributed by atoms with Gasteiger partial charge in [-0.25, -0.2) is 14.2 Å². The summed E-state index contributed by atoms with van der Waals surface area (Å²) in [5, 5.41) is 21.0. The van der Waals surface area contributed by atoms with Crippen LogP contribution < -0.4 is 0 Å². The largest absolute Gasteiger partial charge is 0.478 e. The van der Waals surface area contributed by atoms with Crippen LogP contribution in [-0.4, -0.2) is 48.4 Å².